The number of nitrogens with one attached hydrogen (secondary N) is 4. The molecule has 2 unspecified atom stereocenters. The van der Waals surface area contributed by atoms with E-state index in [-0.39, 0.29) is 43.0 Å². The summed E-state index contributed by atoms with van der Waals surface area (Å²) >= 11 is 13.3. The van der Waals surface area contributed by atoms with Gasteiger partial charge in [0.2, 0.25) is 11.8 Å². The number of carbonyl (C=O) groups excluding carboxylic acids is 2. The first kappa shape index (κ1) is 53.7. The molecule has 4 aromatic heterocycles. The van der Waals surface area contributed by atoms with Crippen LogP contribution in [0.5, 0.6) is 11.5 Å². The predicted molar refractivity (Wildman–Crippen MR) is 286 cm³/mol. The van der Waals surface area contributed by atoms with E-state index in [1.54, 1.807) is 19.9 Å². The topological polar surface area (TPSA) is 216 Å². The largest absolute Gasteiger partial charge is 0.486 e. The molecule has 2 amide bonds. The lowest BCUT2D eigenvalue weighted by molar-refractivity contribution is -0.123. The second kappa shape index (κ2) is 23.5. The van der Waals surface area contributed by atoms with Crippen LogP contribution in [-0.2, 0) is 22.8 Å². The van der Waals surface area contributed by atoms with Crippen molar-refractivity contribution < 1.29 is 19.1 Å². The minimum Gasteiger partial charge on any atom is -0.486 e. The van der Waals surface area contributed by atoms with Crippen LogP contribution in [-0.4, -0.2) is 38.0 Å². The normalized spacial score (nSPS) is 13.9. The number of benzene rings is 2. The number of hydrazine groups is 1. The molecule has 6 aromatic rings. The Morgan fingerprint density at radius 2 is 1.21 bits per heavy atom. The number of ether oxygens (including phenoxy) is 2. The number of allylic oxidation sites excluding steroid dienone is 2. The highest BCUT2D eigenvalue weighted by molar-refractivity contribution is 6.31. The molecule has 1 fully saturated rings. The molecule has 1 saturated carbocycles. The summed E-state index contributed by atoms with van der Waals surface area (Å²) in [4.78, 5) is 43.2. The number of hydrogen-bond donors (Lipinski definition) is 6. The number of pyridine rings is 4. The van der Waals surface area contributed by atoms with Gasteiger partial charge in [0.05, 0.1) is 39.2 Å². The highest BCUT2D eigenvalue weighted by Gasteiger charge is 2.31. The number of aryl methyl sites for hydroxylation is 4. The number of nitrogens with two attached hydrogens (primary N) is 2. The minimum atomic E-state index is -0.322. The zero-order chi connectivity index (χ0) is 51.8. The van der Waals surface area contributed by atoms with E-state index in [1.165, 1.54) is 6.21 Å². The fourth-order valence-electron chi connectivity index (χ4n) is 8.17. The first-order chi connectivity index (χ1) is 33.8. The standard InChI is InChI=1S/C29H36ClN5O2.C26H30ClN5O2/c1-15(2)18(5)26(35-31)22-12-16(3)33-28-21(22)8-7-9-25(28)37-14-23-24(30)13-17(4)32-27(23)19(6)34-29(36)20-10-11-20;1-6-23(33)32-17(5)25-20(21(27)11-16(4)30-25)13-34-22-9-7-8-18-19(24(29)14(2)12-28)10-15(3)31-26(18)22/h7-9,12-13,15,19-20,35H,10-11,14,31H2,1-6H3,(H,34,36);7-12,17,28H,6,13,29H2,1-5H3,(H,32,33)/b26-18-;24-14-,28-12?. The maximum atomic E-state index is 12.4. The average Bonchev–Trinajstić information content (AvgIpc) is 4.19. The Morgan fingerprint density at radius 1 is 0.746 bits per heavy atom. The summed E-state index contributed by atoms with van der Waals surface area (Å²) in [5.74, 6) is 7.63. The summed E-state index contributed by atoms with van der Waals surface area (Å²) in [6.45, 7) is 21.7. The molecule has 0 spiro atoms. The van der Waals surface area contributed by atoms with Crippen molar-refractivity contribution in [2.45, 2.75) is 121 Å². The van der Waals surface area contributed by atoms with E-state index in [0.717, 1.165) is 79.9 Å². The van der Waals surface area contributed by atoms with Crippen molar-refractivity contribution in [1.29, 1.82) is 5.41 Å². The van der Waals surface area contributed by atoms with Crippen LogP contribution in [0.15, 0.2) is 71.8 Å². The van der Waals surface area contributed by atoms with Gasteiger partial charge in [-0.15, -0.1) is 0 Å². The molecule has 2 aromatic carbocycles. The smallest absolute Gasteiger partial charge is 0.223 e. The highest BCUT2D eigenvalue weighted by Crippen LogP contribution is 2.36. The molecule has 0 radical (unpaired) electrons. The average molecular weight is 1000 g/mol. The maximum absolute atomic E-state index is 12.4. The summed E-state index contributed by atoms with van der Waals surface area (Å²) in [6, 6.07) is 18.5. The first-order valence-electron chi connectivity index (χ1n) is 23.9. The van der Waals surface area contributed by atoms with Crippen molar-refractivity contribution in [2.75, 3.05) is 0 Å². The fraction of sp³-hybridized carbons (Fsp3) is 0.364. The molecule has 2 atom stereocenters. The Morgan fingerprint density at radius 3 is 1.66 bits per heavy atom. The Bertz CT molecular complexity index is 3060. The Labute approximate surface area is 426 Å². The van der Waals surface area contributed by atoms with Gasteiger partial charge in [-0.3, -0.25) is 25.4 Å². The van der Waals surface area contributed by atoms with Crippen molar-refractivity contribution in [1.82, 2.24) is 36.0 Å². The minimum absolute atomic E-state index is 0.0640. The summed E-state index contributed by atoms with van der Waals surface area (Å²) in [6.07, 6.45) is 3.51. The van der Waals surface area contributed by atoms with Gasteiger partial charge in [-0.1, -0.05) is 68.2 Å². The van der Waals surface area contributed by atoms with Crippen LogP contribution in [0.4, 0.5) is 0 Å². The van der Waals surface area contributed by atoms with Crippen LogP contribution in [0.25, 0.3) is 33.2 Å². The lowest BCUT2D eigenvalue weighted by atomic mass is 9.96. The third-order valence-corrected chi connectivity index (χ3v) is 13.2. The van der Waals surface area contributed by atoms with Crippen molar-refractivity contribution >= 4 is 74.4 Å². The van der Waals surface area contributed by atoms with Gasteiger partial charge in [0.1, 0.15) is 35.7 Å². The molecule has 0 bridgehead atoms. The molecule has 0 aliphatic heterocycles. The van der Waals surface area contributed by atoms with Gasteiger partial charge < -0.3 is 36.7 Å². The molecule has 1 aliphatic carbocycles. The molecule has 374 valence electrons. The number of nitrogens with zero attached hydrogens (tertiary/aromatic N) is 4. The number of fused-ring (bicyclic) bond motifs is 2. The number of rotatable bonds is 17. The zero-order valence-corrected chi connectivity index (χ0v) is 44.0. The quantitative estimate of drug-likeness (QED) is 0.0287. The molecule has 4 heterocycles. The first-order valence-corrected chi connectivity index (χ1v) is 24.6. The van der Waals surface area contributed by atoms with Crippen molar-refractivity contribution in [3.63, 3.8) is 0 Å². The second-order valence-corrected chi connectivity index (χ2v) is 19.3. The number of hydrogen-bond acceptors (Lipinski definition) is 12. The summed E-state index contributed by atoms with van der Waals surface area (Å²) in [5, 5.41) is 16.4. The third kappa shape index (κ3) is 12.8. The van der Waals surface area contributed by atoms with Gasteiger partial charge >= 0.3 is 0 Å². The lowest BCUT2D eigenvalue weighted by Crippen LogP contribution is -2.29. The summed E-state index contributed by atoms with van der Waals surface area (Å²) < 4.78 is 12.6. The fourth-order valence-corrected chi connectivity index (χ4v) is 8.79. The van der Waals surface area contributed by atoms with Gasteiger partial charge in [-0.05, 0) is 122 Å². The van der Waals surface area contributed by atoms with Crippen LogP contribution >= 0.6 is 23.2 Å². The monoisotopic (exact) mass is 1000 g/mol. The van der Waals surface area contributed by atoms with Crippen molar-refractivity contribution in [2.24, 2.45) is 23.4 Å². The molecule has 0 saturated heterocycles. The Hall–Kier alpha value is -6.61. The lowest BCUT2D eigenvalue weighted by Gasteiger charge is -2.20. The van der Waals surface area contributed by atoms with Gasteiger partial charge in [0, 0.05) is 80.1 Å². The van der Waals surface area contributed by atoms with Crippen LogP contribution in [0.2, 0.25) is 10.0 Å². The van der Waals surface area contributed by atoms with Crippen molar-refractivity contribution in [3.05, 3.63) is 138 Å². The number of aromatic nitrogens is 4. The van der Waals surface area contributed by atoms with Crippen LogP contribution < -0.4 is 37.1 Å². The second-order valence-electron chi connectivity index (χ2n) is 18.5. The molecule has 1 aliphatic rings. The molecular weight excluding hydrogens is 936 g/mol. The van der Waals surface area contributed by atoms with Gasteiger partial charge in [-0.25, -0.2) is 9.97 Å². The zero-order valence-electron chi connectivity index (χ0n) is 42.5. The van der Waals surface area contributed by atoms with E-state index >= 15 is 0 Å². The van der Waals surface area contributed by atoms with E-state index in [9.17, 15) is 9.59 Å². The van der Waals surface area contributed by atoms with Crippen molar-refractivity contribution in [3.8, 4) is 11.5 Å². The molecule has 8 N–H and O–H groups in total. The van der Waals surface area contributed by atoms with Crippen LogP contribution in [0.3, 0.4) is 0 Å². The molecule has 16 heteroatoms. The number of halogens is 2. The van der Waals surface area contributed by atoms with Gasteiger partial charge in [-0.2, -0.15) is 0 Å². The van der Waals surface area contributed by atoms with E-state index < -0.39 is 0 Å². The summed E-state index contributed by atoms with van der Waals surface area (Å²) in [7, 11) is 0. The Kier molecular flexibility index (Phi) is 17.8. The van der Waals surface area contributed by atoms with Gasteiger partial charge in [0.25, 0.3) is 0 Å². The maximum Gasteiger partial charge on any atom is 0.223 e. The molecular formula is C55H66Cl2N10O4. The van der Waals surface area contributed by atoms with E-state index in [0.29, 0.717) is 67.6 Å². The molecule has 7 rings (SSSR count). The number of para-hydroxylation sites is 2. The predicted octanol–water partition coefficient (Wildman–Crippen LogP) is 11.3. The Balaban J connectivity index is 0.000000233. The van der Waals surface area contributed by atoms with E-state index in [1.807, 2.05) is 96.1 Å². The third-order valence-electron chi connectivity index (χ3n) is 12.5. The molecule has 14 nitrogen and oxygen atoms in total. The van der Waals surface area contributed by atoms with Crippen LogP contribution in [0.1, 0.15) is 136 Å². The van der Waals surface area contributed by atoms with Gasteiger partial charge in [0.15, 0.2) is 0 Å². The molecule has 71 heavy (non-hydrogen) atoms. The summed E-state index contributed by atoms with van der Waals surface area (Å²) in [5.41, 5.74) is 21.7. The number of carbonyl (C=O) groups is 2. The van der Waals surface area contributed by atoms with E-state index in [2.05, 4.69) is 41.8 Å². The number of amides is 2. The van der Waals surface area contributed by atoms with E-state index in [4.69, 9.17) is 64.6 Å². The van der Waals surface area contributed by atoms with Crippen LogP contribution in [0, 0.1) is 44.9 Å². The highest BCUT2D eigenvalue weighted by atomic mass is 35.5. The SMILES string of the molecule is C/C(=C(/NN)c1cc(C)nc2c(OCc3c(Cl)cc(C)nc3C(C)NC(=O)C3CC3)cccc12)C(C)C.CCC(=O)NC(C)c1nc(C)cc(Cl)c1COc1cccc2c(/C(N)=C(\C)C=N)cc(C)nc12.